The van der Waals surface area contributed by atoms with E-state index < -0.39 is 24.1 Å². The summed E-state index contributed by atoms with van der Waals surface area (Å²) in [6.07, 6.45) is -2.76. The monoisotopic (exact) mass is 474 g/mol. The van der Waals surface area contributed by atoms with E-state index in [1.807, 2.05) is 6.92 Å². The zero-order chi connectivity index (χ0) is 22.8. The third-order valence-electron chi connectivity index (χ3n) is 4.44. The van der Waals surface area contributed by atoms with Crippen molar-refractivity contribution in [3.8, 4) is 0 Å². The number of nitrogens with zero attached hydrogens (tertiary/aromatic N) is 2. The summed E-state index contributed by atoms with van der Waals surface area (Å²) >= 11 is 7.79. The Hall–Kier alpha value is -2.46. The molecule has 0 saturated carbocycles. The summed E-state index contributed by atoms with van der Waals surface area (Å²) < 4.78 is 56.3. The summed E-state index contributed by atoms with van der Waals surface area (Å²) in [6, 6.07) is 5.81. The Balaban J connectivity index is 2.03. The molecule has 0 radical (unpaired) electrons. The van der Waals surface area contributed by atoms with Crippen LogP contribution >= 0.6 is 23.5 Å². The lowest BCUT2D eigenvalue weighted by Crippen LogP contribution is -2.28. The van der Waals surface area contributed by atoms with Gasteiger partial charge in [0.2, 0.25) is 0 Å². The Morgan fingerprint density at radius 1 is 1.19 bits per heavy atom. The van der Waals surface area contributed by atoms with Gasteiger partial charge in [-0.2, -0.15) is 13.2 Å². The van der Waals surface area contributed by atoms with Crippen molar-refractivity contribution in [3.05, 3.63) is 57.3 Å². The highest BCUT2D eigenvalue weighted by molar-refractivity contribution is 8.00. The van der Waals surface area contributed by atoms with Crippen molar-refractivity contribution in [2.24, 2.45) is 0 Å². The fraction of sp³-hybridized carbons (Fsp3) is 0.300. The molecule has 3 rings (SSSR count). The Kier molecular flexibility index (Phi) is 7.00. The van der Waals surface area contributed by atoms with Gasteiger partial charge in [0, 0.05) is 11.4 Å². The van der Waals surface area contributed by atoms with E-state index in [1.54, 1.807) is 13.0 Å². The average Bonchev–Trinajstić information content (AvgIpc) is 2.69. The number of hydrogen-bond acceptors (Lipinski definition) is 5. The van der Waals surface area contributed by atoms with Crippen LogP contribution in [-0.2, 0) is 6.54 Å². The summed E-state index contributed by atoms with van der Waals surface area (Å²) in [5.74, 6) is 0.216. The first kappa shape index (κ1) is 23.2. The lowest BCUT2D eigenvalue weighted by atomic mass is 10.1. The lowest BCUT2D eigenvalue weighted by Gasteiger charge is -2.16. The minimum absolute atomic E-state index is 0.00859. The maximum atomic E-state index is 14.5. The molecule has 0 aliphatic rings. The molecular weight excluding hydrogens is 456 g/mol. The Labute approximate surface area is 184 Å². The first-order valence-corrected chi connectivity index (χ1v) is 10.7. The zero-order valence-corrected chi connectivity index (χ0v) is 18.2. The zero-order valence-electron chi connectivity index (χ0n) is 16.6. The van der Waals surface area contributed by atoms with Gasteiger partial charge in [-0.25, -0.2) is 9.37 Å². The molecule has 0 fully saturated rings. The van der Waals surface area contributed by atoms with Crippen LogP contribution in [0, 0.1) is 12.7 Å². The standard InChI is InChI=1S/C20H19ClF4N4OS/c1-3-8-31-28-15-5-4-12(22)18(17(15)21)27-13-6-7-14-16(11(13)2)19(30)29(10-26-14)9-20(23,24)25/h4-7,10,27-28H,3,8-9H2,1-2H3. The van der Waals surface area contributed by atoms with E-state index in [4.69, 9.17) is 11.6 Å². The molecule has 0 amide bonds. The summed E-state index contributed by atoms with van der Waals surface area (Å²) in [4.78, 5) is 16.6. The molecule has 11 heteroatoms. The molecule has 5 nitrogen and oxygen atoms in total. The molecule has 0 spiro atoms. The van der Waals surface area contributed by atoms with Crippen LogP contribution in [0.15, 0.2) is 35.4 Å². The number of aryl methyl sites for hydroxylation is 1. The van der Waals surface area contributed by atoms with Gasteiger partial charge in [0.25, 0.3) is 5.56 Å². The highest BCUT2D eigenvalue weighted by atomic mass is 35.5. The predicted octanol–water partition coefficient (Wildman–Crippen LogP) is 6.27. The molecule has 31 heavy (non-hydrogen) atoms. The summed E-state index contributed by atoms with van der Waals surface area (Å²) in [5.41, 5.74) is 0.573. The molecule has 2 N–H and O–H groups in total. The summed E-state index contributed by atoms with van der Waals surface area (Å²) in [7, 11) is 0. The molecule has 0 unspecified atom stereocenters. The van der Waals surface area contributed by atoms with E-state index >= 15 is 0 Å². The molecule has 0 aliphatic heterocycles. The molecule has 0 aliphatic carbocycles. The number of rotatable bonds is 7. The van der Waals surface area contributed by atoms with Crippen LogP contribution in [0.5, 0.6) is 0 Å². The van der Waals surface area contributed by atoms with Gasteiger partial charge in [0.05, 0.1) is 33.6 Å². The van der Waals surface area contributed by atoms with Gasteiger partial charge in [0.15, 0.2) is 0 Å². The first-order valence-electron chi connectivity index (χ1n) is 9.30. The SMILES string of the molecule is CCCSNc1ccc(F)c(Nc2ccc3ncn(CC(F)(F)F)c(=O)c3c2C)c1Cl. The fourth-order valence-electron chi connectivity index (χ4n) is 2.96. The second kappa shape index (κ2) is 9.35. The maximum absolute atomic E-state index is 14.5. The molecule has 1 aromatic heterocycles. The number of fused-ring (bicyclic) bond motifs is 1. The molecule has 0 atom stereocenters. The Bertz CT molecular complexity index is 1170. The van der Waals surface area contributed by atoms with Crippen molar-refractivity contribution in [2.45, 2.75) is 33.0 Å². The van der Waals surface area contributed by atoms with Gasteiger partial charge in [-0.05, 0) is 43.2 Å². The highest BCUT2D eigenvalue weighted by Crippen LogP contribution is 2.37. The van der Waals surface area contributed by atoms with Crippen LogP contribution in [0.3, 0.4) is 0 Å². The number of hydrogen-bond donors (Lipinski definition) is 2. The minimum Gasteiger partial charge on any atom is -0.352 e. The van der Waals surface area contributed by atoms with Gasteiger partial charge in [0.1, 0.15) is 12.4 Å². The Morgan fingerprint density at radius 2 is 1.90 bits per heavy atom. The highest BCUT2D eigenvalue weighted by Gasteiger charge is 2.29. The van der Waals surface area contributed by atoms with Crippen molar-refractivity contribution >= 4 is 51.5 Å². The van der Waals surface area contributed by atoms with Crippen molar-refractivity contribution < 1.29 is 17.6 Å². The number of halogens is 5. The van der Waals surface area contributed by atoms with Crippen LogP contribution in [0.2, 0.25) is 5.02 Å². The minimum atomic E-state index is -4.57. The van der Waals surface area contributed by atoms with Crippen LogP contribution in [0.25, 0.3) is 10.9 Å². The quantitative estimate of drug-likeness (QED) is 0.240. The Morgan fingerprint density at radius 3 is 2.58 bits per heavy atom. The van der Waals surface area contributed by atoms with Crippen molar-refractivity contribution in [3.63, 3.8) is 0 Å². The van der Waals surface area contributed by atoms with Crippen LogP contribution in [-0.4, -0.2) is 21.5 Å². The third-order valence-corrected chi connectivity index (χ3v) is 5.81. The number of benzene rings is 2. The van der Waals surface area contributed by atoms with Crippen molar-refractivity contribution in [2.75, 3.05) is 15.8 Å². The molecule has 1 heterocycles. The van der Waals surface area contributed by atoms with Crippen LogP contribution < -0.4 is 15.6 Å². The molecule has 0 saturated heterocycles. The molecule has 166 valence electrons. The number of alkyl halides is 3. The number of anilines is 3. The second-order valence-corrected chi connectivity index (χ2v) is 8.06. The van der Waals surface area contributed by atoms with Crippen molar-refractivity contribution in [1.82, 2.24) is 9.55 Å². The topological polar surface area (TPSA) is 59.0 Å². The third kappa shape index (κ3) is 5.24. The van der Waals surface area contributed by atoms with E-state index in [0.717, 1.165) is 18.5 Å². The van der Waals surface area contributed by atoms with Gasteiger partial charge in [-0.3, -0.25) is 9.36 Å². The summed E-state index contributed by atoms with van der Waals surface area (Å²) in [6.45, 7) is 2.13. The van der Waals surface area contributed by atoms with Gasteiger partial charge in [-0.15, -0.1) is 0 Å². The predicted molar refractivity (Wildman–Crippen MR) is 118 cm³/mol. The van der Waals surface area contributed by atoms with E-state index in [9.17, 15) is 22.4 Å². The maximum Gasteiger partial charge on any atom is 0.406 e. The molecule has 2 aromatic carbocycles. The van der Waals surface area contributed by atoms with Crippen molar-refractivity contribution in [1.29, 1.82) is 0 Å². The summed E-state index contributed by atoms with van der Waals surface area (Å²) in [5, 5.41) is 3.00. The molecule has 0 bridgehead atoms. The van der Waals surface area contributed by atoms with Gasteiger partial charge >= 0.3 is 6.18 Å². The van der Waals surface area contributed by atoms with E-state index in [-0.39, 0.29) is 21.6 Å². The number of nitrogens with one attached hydrogen (secondary N) is 2. The largest absolute Gasteiger partial charge is 0.406 e. The molecular formula is C20H19ClF4N4OS. The van der Waals surface area contributed by atoms with E-state index in [1.165, 1.54) is 30.1 Å². The van der Waals surface area contributed by atoms with Gasteiger partial charge in [-0.1, -0.05) is 30.5 Å². The smallest absolute Gasteiger partial charge is 0.352 e. The van der Waals surface area contributed by atoms with Gasteiger partial charge < -0.3 is 10.0 Å². The first-order chi connectivity index (χ1) is 14.6. The second-order valence-electron chi connectivity index (χ2n) is 6.78. The lowest BCUT2D eigenvalue weighted by molar-refractivity contribution is -0.141. The van der Waals surface area contributed by atoms with E-state index in [0.29, 0.717) is 21.5 Å². The average molecular weight is 475 g/mol. The van der Waals surface area contributed by atoms with Crippen LogP contribution in [0.4, 0.5) is 34.6 Å². The van der Waals surface area contributed by atoms with Crippen LogP contribution in [0.1, 0.15) is 18.9 Å². The number of aromatic nitrogens is 2. The fourth-order valence-corrected chi connectivity index (χ4v) is 3.89. The molecule has 3 aromatic rings. The normalized spacial score (nSPS) is 11.7. The van der Waals surface area contributed by atoms with E-state index in [2.05, 4.69) is 15.0 Å².